The molecule has 1 unspecified atom stereocenters. The van der Waals surface area contributed by atoms with Gasteiger partial charge in [0.15, 0.2) is 0 Å². The Morgan fingerprint density at radius 3 is 2.52 bits per heavy atom. The number of nitro benzene ring substituents is 1. The molecule has 0 heterocycles. The molecule has 0 aromatic heterocycles. The second kappa shape index (κ2) is 8.52. The number of carbonyl (C=O) groups excluding carboxylic acids is 1. The maximum Gasteiger partial charge on any atom is 0.303 e. The highest BCUT2D eigenvalue weighted by molar-refractivity contribution is 8.00. The van der Waals surface area contributed by atoms with Crippen LogP contribution in [0.4, 0.5) is 5.69 Å². The molecule has 1 aromatic rings. The van der Waals surface area contributed by atoms with Crippen molar-refractivity contribution in [1.29, 1.82) is 0 Å². The number of hydrogen-bond acceptors (Lipinski definition) is 5. The third-order valence-corrected chi connectivity index (χ3v) is 4.03. The third-order valence-electron chi connectivity index (χ3n) is 2.95. The summed E-state index contributed by atoms with van der Waals surface area (Å²) in [6, 6.07) is 3.86. The van der Waals surface area contributed by atoms with E-state index < -0.39 is 16.8 Å². The summed E-state index contributed by atoms with van der Waals surface area (Å²) in [5.41, 5.74) is 0.0847. The van der Waals surface area contributed by atoms with Crippen LogP contribution in [-0.2, 0) is 4.79 Å². The van der Waals surface area contributed by atoms with Crippen LogP contribution in [0.1, 0.15) is 44.0 Å². The SMILES string of the molecule is CC(CCC(=O)O)NC(=O)c1cc([N+](=O)[O-])ccc1SC(C)C. The number of non-ortho nitro benzene ring substituents is 1. The van der Waals surface area contributed by atoms with Crippen LogP contribution in [0.5, 0.6) is 0 Å². The molecule has 8 heteroatoms. The third kappa shape index (κ3) is 6.27. The van der Waals surface area contributed by atoms with Gasteiger partial charge < -0.3 is 10.4 Å². The van der Waals surface area contributed by atoms with E-state index in [1.165, 1.54) is 23.9 Å². The summed E-state index contributed by atoms with van der Waals surface area (Å²) in [6.07, 6.45) is 0.243. The monoisotopic (exact) mass is 340 g/mol. The van der Waals surface area contributed by atoms with Crippen LogP contribution in [0, 0.1) is 10.1 Å². The summed E-state index contributed by atoms with van der Waals surface area (Å²) in [5.74, 6) is -1.37. The Bertz CT molecular complexity index is 604. The molecular formula is C15H20N2O5S. The highest BCUT2D eigenvalue weighted by atomic mass is 32.2. The minimum absolute atomic E-state index is 0.0516. The van der Waals surface area contributed by atoms with Crippen molar-refractivity contribution in [2.24, 2.45) is 0 Å². The molecule has 0 bridgehead atoms. The van der Waals surface area contributed by atoms with Gasteiger partial charge in [0.25, 0.3) is 11.6 Å². The number of carbonyl (C=O) groups is 2. The predicted octanol–water partition coefficient (Wildman–Crippen LogP) is 3.08. The Labute approximate surface area is 138 Å². The molecule has 1 aromatic carbocycles. The number of amides is 1. The maximum absolute atomic E-state index is 12.4. The van der Waals surface area contributed by atoms with Crippen molar-refractivity contribution in [2.45, 2.75) is 49.8 Å². The fourth-order valence-corrected chi connectivity index (χ4v) is 2.81. The van der Waals surface area contributed by atoms with Crippen LogP contribution in [0.25, 0.3) is 0 Å². The summed E-state index contributed by atoms with van der Waals surface area (Å²) < 4.78 is 0. The molecule has 1 amide bonds. The summed E-state index contributed by atoms with van der Waals surface area (Å²) in [6.45, 7) is 5.62. The molecule has 0 fully saturated rings. The number of benzene rings is 1. The largest absolute Gasteiger partial charge is 0.481 e. The second-order valence-electron chi connectivity index (χ2n) is 5.41. The Hall–Kier alpha value is -2.09. The van der Waals surface area contributed by atoms with Crippen molar-refractivity contribution in [1.82, 2.24) is 5.32 Å². The van der Waals surface area contributed by atoms with Crippen LogP contribution in [0.3, 0.4) is 0 Å². The number of hydrogen-bond donors (Lipinski definition) is 2. The molecule has 0 aliphatic heterocycles. The van der Waals surface area contributed by atoms with E-state index in [2.05, 4.69) is 5.32 Å². The lowest BCUT2D eigenvalue weighted by molar-refractivity contribution is -0.384. The van der Waals surface area contributed by atoms with Crippen LogP contribution < -0.4 is 5.32 Å². The Morgan fingerprint density at radius 1 is 1.35 bits per heavy atom. The van der Waals surface area contributed by atoms with Crippen LogP contribution in [0.15, 0.2) is 23.1 Å². The summed E-state index contributed by atoms with van der Waals surface area (Å²) >= 11 is 1.44. The standard InChI is InChI=1S/C15H20N2O5S/c1-9(2)23-13-6-5-11(17(21)22)8-12(13)15(20)16-10(3)4-7-14(18)19/h5-6,8-10H,4,7H2,1-3H3,(H,16,20)(H,18,19). The van der Waals surface area contributed by atoms with Crippen LogP contribution >= 0.6 is 11.8 Å². The predicted molar refractivity (Wildman–Crippen MR) is 87.9 cm³/mol. The fourth-order valence-electron chi connectivity index (χ4n) is 1.88. The molecule has 126 valence electrons. The van der Waals surface area contributed by atoms with E-state index in [4.69, 9.17) is 5.11 Å². The summed E-state index contributed by atoms with van der Waals surface area (Å²) in [7, 11) is 0. The number of nitrogens with one attached hydrogen (secondary N) is 1. The zero-order chi connectivity index (χ0) is 17.6. The first-order chi connectivity index (χ1) is 10.7. The lowest BCUT2D eigenvalue weighted by Crippen LogP contribution is -2.33. The van der Waals surface area contributed by atoms with E-state index in [1.54, 1.807) is 13.0 Å². The van der Waals surface area contributed by atoms with Gasteiger partial charge in [-0.05, 0) is 19.4 Å². The van der Waals surface area contributed by atoms with E-state index in [0.29, 0.717) is 11.3 Å². The van der Waals surface area contributed by atoms with Gasteiger partial charge in [-0.25, -0.2) is 0 Å². The smallest absolute Gasteiger partial charge is 0.303 e. The van der Waals surface area contributed by atoms with Gasteiger partial charge in [0.2, 0.25) is 0 Å². The average molecular weight is 340 g/mol. The Morgan fingerprint density at radius 2 is 2.00 bits per heavy atom. The topological polar surface area (TPSA) is 110 Å². The highest BCUT2D eigenvalue weighted by Gasteiger charge is 2.19. The van der Waals surface area contributed by atoms with Crippen molar-refractivity contribution in [2.75, 3.05) is 0 Å². The van der Waals surface area contributed by atoms with E-state index in [9.17, 15) is 19.7 Å². The van der Waals surface area contributed by atoms with Gasteiger partial charge in [0.05, 0.1) is 10.5 Å². The summed E-state index contributed by atoms with van der Waals surface area (Å²) in [4.78, 5) is 34.0. The first-order valence-corrected chi connectivity index (χ1v) is 8.06. The lowest BCUT2D eigenvalue weighted by Gasteiger charge is -2.15. The maximum atomic E-state index is 12.4. The van der Waals surface area contributed by atoms with Gasteiger partial charge in [0, 0.05) is 34.7 Å². The van der Waals surface area contributed by atoms with Crippen LogP contribution in [-0.4, -0.2) is 33.2 Å². The van der Waals surface area contributed by atoms with E-state index in [0.717, 1.165) is 0 Å². The molecule has 1 atom stereocenters. The fraction of sp³-hybridized carbons (Fsp3) is 0.467. The lowest BCUT2D eigenvalue weighted by atomic mass is 10.1. The molecular weight excluding hydrogens is 320 g/mol. The van der Waals surface area contributed by atoms with Crippen LogP contribution in [0.2, 0.25) is 0 Å². The van der Waals surface area contributed by atoms with Gasteiger partial charge in [-0.3, -0.25) is 19.7 Å². The average Bonchev–Trinajstić information content (AvgIpc) is 2.44. The van der Waals surface area contributed by atoms with Crippen molar-refractivity contribution >= 4 is 29.3 Å². The zero-order valence-corrected chi connectivity index (χ0v) is 14.1. The van der Waals surface area contributed by atoms with Crippen molar-refractivity contribution in [3.8, 4) is 0 Å². The van der Waals surface area contributed by atoms with Crippen molar-refractivity contribution in [3.05, 3.63) is 33.9 Å². The van der Waals surface area contributed by atoms with E-state index in [-0.39, 0.29) is 29.0 Å². The first kappa shape index (κ1) is 19.0. The molecule has 0 aliphatic carbocycles. The Kier molecular flexibility index (Phi) is 7.02. The van der Waals surface area contributed by atoms with Gasteiger partial charge in [-0.1, -0.05) is 13.8 Å². The number of nitrogens with zero attached hydrogens (tertiary/aromatic N) is 1. The molecule has 2 N–H and O–H groups in total. The Balaban J connectivity index is 2.97. The van der Waals surface area contributed by atoms with Gasteiger partial charge >= 0.3 is 5.97 Å². The van der Waals surface area contributed by atoms with E-state index >= 15 is 0 Å². The normalized spacial score (nSPS) is 12.0. The van der Waals surface area contributed by atoms with Gasteiger partial charge in [-0.2, -0.15) is 0 Å². The molecule has 0 saturated carbocycles. The second-order valence-corrected chi connectivity index (χ2v) is 7.03. The number of carboxylic acids is 1. The number of thioether (sulfide) groups is 1. The van der Waals surface area contributed by atoms with E-state index in [1.807, 2.05) is 13.8 Å². The zero-order valence-electron chi connectivity index (χ0n) is 13.2. The quantitative estimate of drug-likeness (QED) is 0.427. The first-order valence-electron chi connectivity index (χ1n) is 7.18. The molecule has 1 rings (SSSR count). The molecule has 0 spiro atoms. The van der Waals surface area contributed by atoms with Gasteiger partial charge in [-0.15, -0.1) is 11.8 Å². The highest BCUT2D eigenvalue weighted by Crippen LogP contribution is 2.29. The number of rotatable bonds is 8. The summed E-state index contributed by atoms with van der Waals surface area (Å²) in [5, 5.41) is 22.5. The molecule has 0 aliphatic rings. The van der Waals surface area contributed by atoms with Crippen molar-refractivity contribution < 1.29 is 19.6 Å². The minimum atomic E-state index is -0.933. The number of nitro groups is 1. The number of carboxylic acid groups (broad SMARTS) is 1. The van der Waals surface area contributed by atoms with Crippen molar-refractivity contribution in [3.63, 3.8) is 0 Å². The number of aliphatic carboxylic acids is 1. The minimum Gasteiger partial charge on any atom is -0.481 e. The molecule has 23 heavy (non-hydrogen) atoms. The molecule has 0 radical (unpaired) electrons. The molecule has 7 nitrogen and oxygen atoms in total. The van der Waals surface area contributed by atoms with Gasteiger partial charge in [0.1, 0.15) is 0 Å². The molecule has 0 saturated heterocycles.